The van der Waals surface area contributed by atoms with Crippen molar-refractivity contribution in [1.29, 1.82) is 0 Å². The average Bonchev–Trinajstić information content (AvgIpc) is 3.14. The Morgan fingerprint density at radius 2 is 1.77 bits per heavy atom. The molecule has 3 aromatic rings. The van der Waals surface area contributed by atoms with Crippen LogP contribution in [0.15, 0.2) is 34.8 Å². The summed E-state index contributed by atoms with van der Waals surface area (Å²) in [5.74, 6) is -1.96. The summed E-state index contributed by atoms with van der Waals surface area (Å²) in [6, 6.07) is 7.60. The van der Waals surface area contributed by atoms with E-state index in [4.69, 9.17) is 9.47 Å². The van der Waals surface area contributed by atoms with Gasteiger partial charge >= 0.3 is 11.9 Å². The minimum atomic E-state index is -1.20. The molecule has 160 valence electrons. The molecule has 2 aromatic carbocycles. The minimum Gasteiger partial charge on any atom is -0.486 e. The van der Waals surface area contributed by atoms with Gasteiger partial charge in [0.1, 0.15) is 18.9 Å². The van der Waals surface area contributed by atoms with Gasteiger partial charge < -0.3 is 30.0 Å². The molecule has 0 saturated carbocycles. The number of hydrogen-bond acceptors (Lipinski definition) is 5. The molecule has 0 saturated heterocycles. The number of aromatic amines is 1. The number of H-pyrrole nitrogens is 1. The molecule has 10 heteroatoms. The summed E-state index contributed by atoms with van der Waals surface area (Å²) in [6.07, 6.45) is 0.175. The van der Waals surface area contributed by atoms with Gasteiger partial charge in [-0.15, -0.1) is 0 Å². The van der Waals surface area contributed by atoms with Gasteiger partial charge in [-0.05, 0) is 40.0 Å². The first-order valence-corrected chi connectivity index (χ1v) is 10.1. The summed E-state index contributed by atoms with van der Waals surface area (Å²) in [4.78, 5) is 38.6. The van der Waals surface area contributed by atoms with Crippen LogP contribution in [0.4, 0.5) is 0 Å². The lowest BCUT2D eigenvalue weighted by Crippen LogP contribution is -2.27. The Bertz CT molecular complexity index is 1220. The number of benzene rings is 2. The van der Waals surface area contributed by atoms with Gasteiger partial charge in [-0.25, -0.2) is 9.59 Å². The molecule has 9 nitrogen and oxygen atoms in total. The average molecular weight is 489 g/mol. The number of hydrogen-bond donors (Lipinski definition) is 4. The van der Waals surface area contributed by atoms with Crippen LogP contribution < -0.4 is 14.8 Å². The Morgan fingerprint density at radius 1 is 1.06 bits per heavy atom. The lowest BCUT2D eigenvalue weighted by molar-refractivity contribution is 0.0680. The van der Waals surface area contributed by atoms with Crippen LogP contribution in [0.1, 0.15) is 36.8 Å². The zero-order chi connectivity index (χ0) is 22.1. The van der Waals surface area contributed by atoms with Crippen LogP contribution in [0.3, 0.4) is 0 Å². The molecule has 1 aromatic heterocycles. The van der Waals surface area contributed by atoms with E-state index in [0.29, 0.717) is 45.7 Å². The largest absolute Gasteiger partial charge is 0.486 e. The SMILES string of the molecule is O=C(O)c1ccccc1C(=O)NCCc1c(C(=O)O)[nH]c2c(Br)cc3c(c12)OCCO3. The smallest absolute Gasteiger partial charge is 0.352 e. The van der Waals surface area contributed by atoms with Crippen molar-refractivity contribution >= 4 is 44.7 Å². The van der Waals surface area contributed by atoms with E-state index in [1.807, 2.05) is 0 Å². The van der Waals surface area contributed by atoms with E-state index in [2.05, 4.69) is 26.2 Å². The molecular weight excluding hydrogens is 472 g/mol. The zero-order valence-corrected chi connectivity index (χ0v) is 17.6. The van der Waals surface area contributed by atoms with Crippen LogP contribution in [0.2, 0.25) is 0 Å². The molecule has 0 radical (unpaired) electrons. The number of carboxylic acid groups (broad SMARTS) is 2. The predicted octanol–water partition coefficient (Wildman–Crippen LogP) is 3.07. The first-order valence-electron chi connectivity index (χ1n) is 9.35. The van der Waals surface area contributed by atoms with Crippen molar-refractivity contribution < 1.29 is 34.1 Å². The highest BCUT2D eigenvalue weighted by atomic mass is 79.9. The highest BCUT2D eigenvalue weighted by Gasteiger charge is 2.26. The first kappa shape index (κ1) is 20.7. The third-order valence-electron chi connectivity index (χ3n) is 4.91. The lowest BCUT2D eigenvalue weighted by atomic mass is 10.0. The van der Waals surface area contributed by atoms with Gasteiger partial charge in [-0.3, -0.25) is 4.79 Å². The molecule has 0 aliphatic carbocycles. The number of carbonyl (C=O) groups excluding carboxylic acids is 1. The van der Waals surface area contributed by atoms with Crippen LogP contribution in [-0.2, 0) is 6.42 Å². The van der Waals surface area contributed by atoms with Crippen molar-refractivity contribution in [2.24, 2.45) is 0 Å². The van der Waals surface area contributed by atoms with Crippen LogP contribution in [0, 0.1) is 0 Å². The van der Waals surface area contributed by atoms with Gasteiger partial charge in [0.2, 0.25) is 0 Å². The van der Waals surface area contributed by atoms with E-state index >= 15 is 0 Å². The van der Waals surface area contributed by atoms with Crippen LogP contribution in [0.25, 0.3) is 10.9 Å². The maximum absolute atomic E-state index is 12.5. The maximum Gasteiger partial charge on any atom is 0.352 e. The summed E-state index contributed by atoms with van der Waals surface area (Å²) in [5.41, 5.74) is 0.918. The van der Waals surface area contributed by atoms with E-state index in [0.717, 1.165) is 0 Å². The number of aromatic nitrogens is 1. The van der Waals surface area contributed by atoms with Crippen molar-refractivity contribution in [3.8, 4) is 11.5 Å². The second-order valence-electron chi connectivity index (χ2n) is 6.77. The number of amides is 1. The van der Waals surface area contributed by atoms with Crippen LogP contribution >= 0.6 is 15.9 Å². The van der Waals surface area contributed by atoms with Crippen LogP contribution in [0.5, 0.6) is 11.5 Å². The molecule has 0 atom stereocenters. The van der Waals surface area contributed by atoms with Crippen molar-refractivity contribution in [2.45, 2.75) is 6.42 Å². The summed E-state index contributed by atoms with van der Waals surface area (Å²) in [6.45, 7) is 0.803. The number of nitrogens with one attached hydrogen (secondary N) is 2. The van der Waals surface area contributed by atoms with E-state index in [9.17, 15) is 24.6 Å². The minimum absolute atomic E-state index is 0.0153. The van der Waals surface area contributed by atoms with Crippen molar-refractivity contribution in [3.63, 3.8) is 0 Å². The lowest BCUT2D eigenvalue weighted by Gasteiger charge is -2.20. The molecule has 0 unspecified atom stereocenters. The number of carboxylic acids is 2. The Hall–Kier alpha value is -3.53. The molecule has 31 heavy (non-hydrogen) atoms. The maximum atomic E-state index is 12.5. The highest BCUT2D eigenvalue weighted by Crippen LogP contribution is 2.44. The fourth-order valence-electron chi connectivity index (χ4n) is 3.59. The Kier molecular flexibility index (Phi) is 5.55. The molecule has 0 fully saturated rings. The first-order chi connectivity index (χ1) is 14.9. The van der Waals surface area contributed by atoms with Gasteiger partial charge in [0.25, 0.3) is 5.91 Å². The number of aromatic carboxylic acids is 2. The second kappa shape index (κ2) is 8.31. The summed E-state index contributed by atoms with van der Waals surface area (Å²) < 4.78 is 12.0. The van der Waals surface area contributed by atoms with E-state index in [1.54, 1.807) is 12.1 Å². The van der Waals surface area contributed by atoms with Crippen LogP contribution in [-0.4, -0.2) is 52.8 Å². The van der Waals surface area contributed by atoms with Crippen molar-refractivity contribution in [3.05, 3.63) is 57.2 Å². The van der Waals surface area contributed by atoms with E-state index in [1.165, 1.54) is 18.2 Å². The van der Waals surface area contributed by atoms with Gasteiger partial charge in [-0.1, -0.05) is 12.1 Å². The number of fused-ring (bicyclic) bond motifs is 3. The summed E-state index contributed by atoms with van der Waals surface area (Å²) in [5, 5.41) is 22.2. The molecule has 4 rings (SSSR count). The monoisotopic (exact) mass is 488 g/mol. The van der Waals surface area contributed by atoms with E-state index < -0.39 is 17.8 Å². The molecule has 1 aliphatic rings. The quantitative estimate of drug-likeness (QED) is 0.418. The fourth-order valence-corrected chi connectivity index (χ4v) is 4.09. The standard InChI is InChI=1S/C21H17BrN2O7/c22-13-9-14-18(31-8-7-30-14)15-12(16(21(28)29)24-17(13)15)5-6-23-19(25)10-3-1-2-4-11(10)20(26)27/h1-4,9,24H,5-8H2,(H,23,25)(H,26,27)(H,28,29). The summed E-state index contributed by atoms with van der Waals surface area (Å²) in [7, 11) is 0. The molecule has 4 N–H and O–H groups in total. The van der Waals surface area contributed by atoms with Crippen molar-refractivity contribution in [2.75, 3.05) is 19.8 Å². The van der Waals surface area contributed by atoms with E-state index in [-0.39, 0.29) is 29.8 Å². The number of carbonyl (C=O) groups is 3. The topological polar surface area (TPSA) is 138 Å². The molecule has 2 heterocycles. The van der Waals surface area contributed by atoms with Gasteiger partial charge in [0, 0.05) is 17.1 Å². The van der Waals surface area contributed by atoms with Gasteiger partial charge in [-0.2, -0.15) is 0 Å². The van der Waals surface area contributed by atoms with Gasteiger partial charge in [0.15, 0.2) is 11.5 Å². The van der Waals surface area contributed by atoms with Crippen molar-refractivity contribution in [1.82, 2.24) is 10.3 Å². The predicted molar refractivity (Wildman–Crippen MR) is 113 cm³/mol. The third kappa shape index (κ3) is 3.81. The highest BCUT2D eigenvalue weighted by molar-refractivity contribution is 9.10. The number of halogens is 1. The molecule has 0 bridgehead atoms. The molecule has 0 spiro atoms. The third-order valence-corrected chi connectivity index (χ3v) is 5.54. The summed E-state index contributed by atoms with van der Waals surface area (Å²) >= 11 is 3.43. The Morgan fingerprint density at radius 3 is 2.48 bits per heavy atom. The Balaban J connectivity index is 1.65. The second-order valence-corrected chi connectivity index (χ2v) is 7.63. The normalized spacial score (nSPS) is 12.5. The molecular formula is C21H17BrN2O7. The molecule has 1 aliphatic heterocycles. The molecule has 1 amide bonds. The Labute approximate surface area is 184 Å². The number of rotatable bonds is 6. The fraction of sp³-hybridized carbons (Fsp3) is 0.190. The number of ether oxygens (including phenoxy) is 2. The zero-order valence-electron chi connectivity index (χ0n) is 16.0. The van der Waals surface area contributed by atoms with Gasteiger partial charge in [0.05, 0.1) is 22.0 Å².